The van der Waals surface area contributed by atoms with Crippen molar-refractivity contribution >= 4 is 11.5 Å². The van der Waals surface area contributed by atoms with Crippen LogP contribution in [0.2, 0.25) is 0 Å². The minimum absolute atomic E-state index is 0.0661. The first-order chi connectivity index (χ1) is 11.5. The van der Waals surface area contributed by atoms with Crippen LogP contribution in [0.25, 0.3) is 0 Å². The molecule has 0 bridgehead atoms. The standard InChI is InChI=1S/C18H21N3O3/c1-13-3-5-15(6-4-13)24-16-7-9-20(10-8-16)18-11-14(2)17(12-19-18)21(22)23/h3-6,11-12,16H,7-10H2,1-2H3. The van der Waals surface area contributed by atoms with Crippen LogP contribution in [-0.2, 0) is 0 Å². The van der Waals surface area contributed by atoms with E-state index in [9.17, 15) is 10.1 Å². The highest BCUT2D eigenvalue weighted by Gasteiger charge is 2.22. The Hall–Kier alpha value is -2.63. The molecule has 1 fully saturated rings. The first-order valence-corrected chi connectivity index (χ1v) is 8.12. The fraction of sp³-hybridized carbons (Fsp3) is 0.389. The Morgan fingerprint density at radius 3 is 2.46 bits per heavy atom. The smallest absolute Gasteiger partial charge is 0.290 e. The topological polar surface area (TPSA) is 68.5 Å². The Labute approximate surface area is 141 Å². The van der Waals surface area contributed by atoms with Crippen molar-refractivity contribution in [2.45, 2.75) is 32.8 Å². The van der Waals surface area contributed by atoms with Crippen LogP contribution in [0, 0.1) is 24.0 Å². The molecule has 0 radical (unpaired) electrons. The number of nitrogens with zero attached hydrogens (tertiary/aromatic N) is 3. The number of hydrogen-bond acceptors (Lipinski definition) is 5. The lowest BCUT2D eigenvalue weighted by Crippen LogP contribution is -2.38. The molecule has 2 aromatic rings. The van der Waals surface area contributed by atoms with E-state index >= 15 is 0 Å². The van der Waals surface area contributed by atoms with Gasteiger partial charge in [-0.05, 0) is 32.0 Å². The summed E-state index contributed by atoms with van der Waals surface area (Å²) in [6, 6.07) is 9.90. The SMILES string of the molecule is Cc1ccc(OC2CCN(c3cc(C)c([N+](=O)[O-])cn3)CC2)cc1. The van der Waals surface area contributed by atoms with Crippen molar-refractivity contribution in [3.63, 3.8) is 0 Å². The summed E-state index contributed by atoms with van der Waals surface area (Å²) in [5.41, 5.74) is 1.93. The lowest BCUT2D eigenvalue weighted by Gasteiger charge is -2.33. The maximum Gasteiger partial charge on any atom is 0.290 e. The Balaban J connectivity index is 1.59. The van der Waals surface area contributed by atoms with Crippen molar-refractivity contribution in [2.75, 3.05) is 18.0 Å². The van der Waals surface area contributed by atoms with Crippen LogP contribution in [-0.4, -0.2) is 29.1 Å². The van der Waals surface area contributed by atoms with Gasteiger partial charge in [0.05, 0.1) is 4.92 Å². The molecule has 1 aromatic heterocycles. The fourth-order valence-corrected chi connectivity index (χ4v) is 2.91. The second kappa shape index (κ2) is 6.86. The molecule has 0 saturated carbocycles. The quantitative estimate of drug-likeness (QED) is 0.633. The summed E-state index contributed by atoms with van der Waals surface area (Å²) in [6.45, 7) is 5.47. The lowest BCUT2D eigenvalue weighted by atomic mass is 10.1. The first-order valence-electron chi connectivity index (χ1n) is 8.12. The highest BCUT2D eigenvalue weighted by Crippen LogP contribution is 2.25. The van der Waals surface area contributed by atoms with Gasteiger partial charge in [0.2, 0.25) is 0 Å². The lowest BCUT2D eigenvalue weighted by molar-refractivity contribution is -0.385. The molecule has 2 heterocycles. The number of piperidine rings is 1. The molecule has 1 aromatic carbocycles. The molecule has 0 N–H and O–H groups in total. The largest absolute Gasteiger partial charge is 0.490 e. The second-order valence-corrected chi connectivity index (χ2v) is 6.20. The molecular weight excluding hydrogens is 306 g/mol. The molecule has 0 unspecified atom stereocenters. The zero-order valence-corrected chi connectivity index (χ0v) is 13.9. The van der Waals surface area contributed by atoms with Gasteiger partial charge in [0.25, 0.3) is 5.69 Å². The van der Waals surface area contributed by atoms with Crippen LogP contribution in [0.1, 0.15) is 24.0 Å². The Morgan fingerprint density at radius 2 is 1.88 bits per heavy atom. The highest BCUT2D eigenvalue weighted by atomic mass is 16.6. The van der Waals surface area contributed by atoms with Crippen molar-refractivity contribution in [1.29, 1.82) is 0 Å². The van der Waals surface area contributed by atoms with Gasteiger partial charge in [-0.1, -0.05) is 17.7 Å². The van der Waals surface area contributed by atoms with E-state index in [-0.39, 0.29) is 11.8 Å². The number of ether oxygens (including phenoxy) is 1. The van der Waals surface area contributed by atoms with Crippen molar-refractivity contribution in [3.8, 4) is 5.75 Å². The van der Waals surface area contributed by atoms with E-state index < -0.39 is 4.92 Å². The number of anilines is 1. The van der Waals surface area contributed by atoms with E-state index in [2.05, 4.69) is 16.8 Å². The molecule has 126 valence electrons. The maximum absolute atomic E-state index is 10.9. The summed E-state index contributed by atoms with van der Waals surface area (Å²) in [4.78, 5) is 16.9. The van der Waals surface area contributed by atoms with E-state index in [1.165, 1.54) is 11.8 Å². The van der Waals surface area contributed by atoms with Gasteiger partial charge in [0.1, 0.15) is 23.9 Å². The molecular formula is C18H21N3O3. The summed E-state index contributed by atoms with van der Waals surface area (Å²) in [5, 5.41) is 10.9. The molecule has 1 aliphatic rings. The molecule has 3 rings (SSSR count). The van der Waals surface area contributed by atoms with Crippen LogP contribution in [0.3, 0.4) is 0 Å². The van der Waals surface area contributed by atoms with Gasteiger partial charge in [0, 0.05) is 31.5 Å². The molecule has 0 atom stereocenters. The van der Waals surface area contributed by atoms with Crippen LogP contribution in [0.15, 0.2) is 36.5 Å². The van der Waals surface area contributed by atoms with Gasteiger partial charge in [-0.3, -0.25) is 10.1 Å². The number of aryl methyl sites for hydroxylation is 2. The molecule has 0 aliphatic carbocycles. The maximum atomic E-state index is 10.9. The summed E-state index contributed by atoms with van der Waals surface area (Å²) in [6.07, 6.45) is 3.36. The van der Waals surface area contributed by atoms with Gasteiger partial charge in [0.15, 0.2) is 0 Å². The third-order valence-electron chi connectivity index (χ3n) is 4.36. The third kappa shape index (κ3) is 3.64. The van der Waals surface area contributed by atoms with Crippen molar-refractivity contribution in [2.24, 2.45) is 0 Å². The van der Waals surface area contributed by atoms with Gasteiger partial charge in [-0.2, -0.15) is 0 Å². The molecule has 24 heavy (non-hydrogen) atoms. The van der Waals surface area contributed by atoms with Crippen molar-refractivity contribution in [1.82, 2.24) is 4.98 Å². The van der Waals surface area contributed by atoms with Gasteiger partial charge in [-0.15, -0.1) is 0 Å². The molecule has 0 spiro atoms. The average molecular weight is 327 g/mol. The number of aromatic nitrogens is 1. The zero-order valence-electron chi connectivity index (χ0n) is 13.9. The number of benzene rings is 1. The number of nitro groups is 1. The molecule has 1 aliphatic heterocycles. The minimum atomic E-state index is -0.395. The van der Waals surface area contributed by atoms with Gasteiger partial charge in [-0.25, -0.2) is 4.98 Å². The predicted octanol–water partition coefficient (Wildman–Crippen LogP) is 3.65. The Kier molecular flexibility index (Phi) is 4.64. The predicted molar refractivity (Wildman–Crippen MR) is 92.7 cm³/mol. The Morgan fingerprint density at radius 1 is 1.21 bits per heavy atom. The van der Waals surface area contributed by atoms with Crippen LogP contribution in [0.4, 0.5) is 11.5 Å². The normalized spacial score (nSPS) is 15.3. The second-order valence-electron chi connectivity index (χ2n) is 6.20. The number of rotatable bonds is 4. The summed E-state index contributed by atoms with van der Waals surface area (Å²) in [7, 11) is 0. The first kappa shape index (κ1) is 16.2. The van der Waals surface area contributed by atoms with E-state index in [0.29, 0.717) is 5.56 Å². The molecule has 0 amide bonds. The third-order valence-corrected chi connectivity index (χ3v) is 4.36. The molecule has 6 heteroatoms. The zero-order chi connectivity index (χ0) is 17.1. The number of hydrogen-bond donors (Lipinski definition) is 0. The van der Waals surface area contributed by atoms with Crippen LogP contribution in [0.5, 0.6) is 5.75 Å². The van der Waals surface area contributed by atoms with Crippen LogP contribution >= 0.6 is 0 Å². The summed E-state index contributed by atoms with van der Waals surface area (Å²) in [5.74, 6) is 1.70. The van der Waals surface area contributed by atoms with Crippen molar-refractivity contribution < 1.29 is 9.66 Å². The van der Waals surface area contributed by atoms with Gasteiger partial charge < -0.3 is 9.64 Å². The average Bonchev–Trinajstić information content (AvgIpc) is 2.57. The Bertz CT molecular complexity index is 723. The molecule has 6 nitrogen and oxygen atoms in total. The summed E-state index contributed by atoms with van der Waals surface area (Å²) >= 11 is 0. The van der Waals surface area contributed by atoms with E-state index in [1.807, 2.05) is 24.3 Å². The molecule has 1 saturated heterocycles. The van der Waals surface area contributed by atoms with Crippen LogP contribution < -0.4 is 9.64 Å². The fourth-order valence-electron chi connectivity index (χ4n) is 2.91. The van der Waals surface area contributed by atoms with E-state index in [4.69, 9.17) is 4.74 Å². The van der Waals surface area contributed by atoms with E-state index in [0.717, 1.165) is 37.5 Å². The monoisotopic (exact) mass is 327 g/mol. The van der Waals surface area contributed by atoms with E-state index in [1.54, 1.807) is 13.0 Å². The number of pyridine rings is 1. The van der Waals surface area contributed by atoms with Crippen molar-refractivity contribution in [3.05, 3.63) is 57.8 Å². The highest BCUT2D eigenvalue weighted by molar-refractivity contribution is 5.48. The van der Waals surface area contributed by atoms with Gasteiger partial charge >= 0.3 is 0 Å². The minimum Gasteiger partial charge on any atom is -0.490 e. The summed E-state index contributed by atoms with van der Waals surface area (Å²) < 4.78 is 6.03.